The summed E-state index contributed by atoms with van der Waals surface area (Å²) in [5, 5.41) is 13.7. The van der Waals surface area contributed by atoms with Gasteiger partial charge in [0.1, 0.15) is 14.2 Å². The molecule has 1 nitrogen and oxygen atoms in total. The maximum Gasteiger partial charge on any atom is 0.112 e. The molecule has 0 unspecified atom stereocenters. The molecule has 0 saturated heterocycles. The lowest BCUT2D eigenvalue weighted by Gasteiger charge is -2.28. The van der Waals surface area contributed by atoms with Crippen LogP contribution in [0.1, 0.15) is 22.8 Å². The second kappa shape index (κ2) is 6.76. The minimum absolute atomic E-state index is 0.586. The predicted octanol–water partition coefficient (Wildman–Crippen LogP) is 3.90. The van der Waals surface area contributed by atoms with Crippen LogP contribution < -0.4 is 10.4 Å². The van der Waals surface area contributed by atoms with Gasteiger partial charge in [-0.15, -0.1) is 0 Å². The molecule has 0 spiro atoms. The summed E-state index contributed by atoms with van der Waals surface area (Å²) in [6.07, 6.45) is -0.586. The molecule has 0 amide bonds. The molecule has 3 aromatic rings. The number of hydrogen-bond acceptors (Lipinski definition) is 1. The van der Waals surface area contributed by atoms with Gasteiger partial charge in [-0.25, -0.2) is 0 Å². The Kier molecular flexibility index (Phi) is 4.70. The molecule has 0 bridgehead atoms. The average molecular weight is 333 g/mol. The van der Waals surface area contributed by atoms with Crippen LogP contribution in [0.3, 0.4) is 0 Å². The van der Waals surface area contributed by atoms with E-state index >= 15 is 0 Å². The highest BCUT2D eigenvalue weighted by molar-refractivity contribution is 7.00. The van der Waals surface area contributed by atoms with E-state index in [1.165, 1.54) is 15.9 Å². The highest BCUT2D eigenvalue weighted by atomic mass is 28.3. The van der Waals surface area contributed by atoms with E-state index in [1.54, 1.807) is 0 Å². The van der Waals surface area contributed by atoms with Gasteiger partial charge in [-0.1, -0.05) is 103 Å². The number of aliphatic hydroxyl groups excluding tert-OH is 1. The number of aliphatic hydroxyl groups is 1. The Morgan fingerprint density at radius 1 is 0.750 bits per heavy atom. The lowest BCUT2D eigenvalue weighted by atomic mass is 10.0. The first-order valence-electron chi connectivity index (χ1n) is 8.39. The van der Waals surface area contributed by atoms with Crippen molar-refractivity contribution in [2.75, 3.05) is 0 Å². The largest absolute Gasteiger partial charge is 0.384 e. The Labute approximate surface area is 145 Å². The second-order valence-corrected chi connectivity index (χ2v) is 11.3. The SMILES string of the molecule is Cc1ccc([C@H](O)c2ccccc2[Si](C)(C)c2ccccc2)cc1. The van der Waals surface area contributed by atoms with Crippen molar-refractivity contribution in [1.82, 2.24) is 0 Å². The normalized spacial score (nSPS) is 12.8. The fourth-order valence-electron chi connectivity index (χ4n) is 3.24. The Hall–Kier alpha value is -2.16. The van der Waals surface area contributed by atoms with Crippen molar-refractivity contribution >= 4 is 18.4 Å². The van der Waals surface area contributed by atoms with Crippen LogP contribution in [0.4, 0.5) is 0 Å². The molecule has 0 aromatic heterocycles. The first-order valence-corrected chi connectivity index (χ1v) is 11.4. The van der Waals surface area contributed by atoms with Gasteiger partial charge in [0.15, 0.2) is 0 Å². The smallest absolute Gasteiger partial charge is 0.112 e. The molecule has 24 heavy (non-hydrogen) atoms. The van der Waals surface area contributed by atoms with E-state index in [1.807, 2.05) is 18.2 Å². The lowest BCUT2D eigenvalue weighted by molar-refractivity contribution is 0.221. The van der Waals surface area contributed by atoms with Crippen molar-refractivity contribution < 1.29 is 5.11 Å². The van der Waals surface area contributed by atoms with Gasteiger partial charge in [0, 0.05) is 0 Å². The van der Waals surface area contributed by atoms with Gasteiger partial charge >= 0.3 is 0 Å². The zero-order valence-electron chi connectivity index (χ0n) is 14.5. The van der Waals surface area contributed by atoms with Crippen LogP contribution >= 0.6 is 0 Å². The Bertz CT molecular complexity index is 807. The molecule has 3 aromatic carbocycles. The van der Waals surface area contributed by atoms with Crippen molar-refractivity contribution in [2.45, 2.75) is 26.1 Å². The van der Waals surface area contributed by atoms with Crippen LogP contribution in [0.5, 0.6) is 0 Å². The summed E-state index contributed by atoms with van der Waals surface area (Å²) >= 11 is 0. The molecule has 2 heteroatoms. The zero-order chi connectivity index (χ0) is 17.2. The van der Waals surface area contributed by atoms with Crippen LogP contribution in [-0.2, 0) is 0 Å². The fraction of sp³-hybridized carbons (Fsp3) is 0.182. The summed E-state index contributed by atoms with van der Waals surface area (Å²) in [4.78, 5) is 0. The summed E-state index contributed by atoms with van der Waals surface area (Å²) in [6, 6.07) is 27.2. The van der Waals surface area contributed by atoms with Gasteiger partial charge in [-0.3, -0.25) is 0 Å². The van der Waals surface area contributed by atoms with Gasteiger partial charge in [0.05, 0.1) is 0 Å². The maximum absolute atomic E-state index is 11.0. The van der Waals surface area contributed by atoms with Crippen molar-refractivity contribution in [3.8, 4) is 0 Å². The molecular weight excluding hydrogens is 308 g/mol. The van der Waals surface area contributed by atoms with Crippen molar-refractivity contribution in [1.29, 1.82) is 0 Å². The third-order valence-electron chi connectivity index (χ3n) is 4.82. The highest BCUT2D eigenvalue weighted by Crippen LogP contribution is 2.23. The molecule has 1 N–H and O–H groups in total. The van der Waals surface area contributed by atoms with Crippen LogP contribution in [0.2, 0.25) is 13.1 Å². The molecule has 3 rings (SSSR count). The first-order chi connectivity index (χ1) is 11.5. The van der Waals surface area contributed by atoms with E-state index in [9.17, 15) is 5.11 Å². The van der Waals surface area contributed by atoms with E-state index in [-0.39, 0.29) is 0 Å². The van der Waals surface area contributed by atoms with Crippen LogP contribution in [-0.4, -0.2) is 13.2 Å². The Balaban J connectivity index is 2.06. The van der Waals surface area contributed by atoms with Crippen LogP contribution in [0.15, 0.2) is 78.9 Å². The third kappa shape index (κ3) is 3.21. The van der Waals surface area contributed by atoms with Crippen LogP contribution in [0.25, 0.3) is 0 Å². The molecule has 122 valence electrons. The number of aryl methyl sites for hydroxylation is 1. The molecule has 0 heterocycles. The monoisotopic (exact) mass is 332 g/mol. The zero-order valence-corrected chi connectivity index (χ0v) is 15.5. The Morgan fingerprint density at radius 3 is 2.00 bits per heavy atom. The number of hydrogen-bond donors (Lipinski definition) is 1. The van der Waals surface area contributed by atoms with Gasteiger partial charge < -0.3 is 5.11 Å². The van der Waals surface area contributed by atoms with Crippen molar-refractivity contribution in [3.63, 3.8) is 0 Å². The fourth-order valence-corrected chi connectivity index (χ4v) is 6.03. The first kappa shape index (κ1) is 16.7. The summed E-state index contributed by atoms with van der Waals surface area (Å²) in [7, 11) is -1.87. The minimum atomic E-state index is -1.87. The summed E-state index contributed by atoms with van der Waals surface area (Å²) < 4.78 is 0. The molecule has 1 atom stereocenters. The standard InChI is InChI=1S/C22H24OSi/c1-17-13-15-18(16-14-17)22(23)20-11-7-8-12-21(20)24(2,3)19-9-5-4-6-10-19/h4-16,22-23H,1-3H3/t22-/m0/s1. The third-order valence-corrected chi connectivity index (χ3v) is 8.40. The van der Waals surface area contributed by atoms with E-state index < -0.39 is 14.2 Å². The molecule has 0 saturated carbocycles. The molecule has 0 aliphatic heterocycles. The van der Waals surface area contributed by atoms with E-state index in [2.05, 4.69) is 80.7 Å². The molecule has 0 radical (unpaired) electrons. The number of benzene rings is 3. The van der Waals surface area contributed by atoms with Crippen molar-refractivity contribution in [2.24, 2.45) is 0 Å². The summed E-state index contributed by atoms with van der Waals surface area (Å²) in [6.45, 7) is 6.77. The minimum Gasteiger partial charge on any atom is -0.384 e. The van der Waals surface area contributed by atoms with Gasteiger partial charge in [0.2, 0.25) is 0 Å². The molecule has 0 fully saturated rings. The maximum atomic E-state index is 11.0. The van der Waals surface area contributed by atoms with E-state index in [0.29, 0.717) is 0 Å². The topological polar surface area (TPSA) is 20.2 Å². The average Bonchev–Trinajstić information content (AvgIpc) is 2.62. The molecule has 0 aliphatic rings. The van der Waals surface area contributed by atoms with E-state index in [4.69, 9.17) is 0 Å². The second-order valence-electron chi connectivity index (χ2n) is 6.89. The molecule has 0 aliphatic carbocycles. The summed E-state index contributed by atoms with van der Waals surface area (Å²) in [5.41, 5.74) is 3.19. The molecular formula is C22H24OSi. The van der Waals surface area contributed by atoms with Gasteiger partial charge in [-0.05, 0) is 23.2 Å². The highest BCUT2D eigenvalue weighted by Gasteiger charge is 2.30. The Morgan fingerprint density at radius 2 is 1.33 bits per heavy atom. The van der Waals surface area contributed by atoms with Gasteiger partial charge in [-0.2, -0.15) is 0 Å². The lowest BCUT2D eigenvalue weighted by Crippen LogP contribution is -2.54. The summed E-state index contributed by atoms with van der Waals surface area (Å²) in [5.74, 6) is 0. The van der Waals surface area contributed by atoms with E-state index in [0.717, 1.165) is 11.1 Å². The number of rotatable bonds is 4. The van der Waals surface area contributed by atoms with Crippen molar-refractivity contribution in [3.05, 3.63) is 95.6 Å². The van der Waals surface area contributed by atoms with Gasteiger partial charge in [0.25, 0.3) is 0 Å². The quantitative estimate of drug-likeness (QED) is 0.719. The van der Waals surface area contributed by atoms with Crippen LogP contribution in [0, 0.1) is 6.92 Å². The predicted molar refractivity (Wildman–Crippen MR) is 105 cm³/mol.